The van der Waals surface area contributed by atoms with Crippen molar-refractivity contribution in [3.8, 4) is 56.2 Å². The fourth-order valence-electron chi connectivity index (χ4n) is 8.09. The van der Waals surface area contributed by atoms with E-state index in [4.69, 9.17) is 9.97 Å². The monoisotopic (exact) mass is 590 g/mol. The third kappa shape index (κ3) is 3.77. The lowest BCUT2D eigenvalue weighted by atomic mass is 9.81. The zero-order valence-electron chi connectivity index (χ0n) is 26.6. The van der Waals surface area contributed by atoms with Crippen LogP contribution in [0.2, 0.25) is 0 Å². The number of aromatic nitrogens is 2. The van der Waals surface area contributed by atoms with Crippen molar-refractivity contribution in [1.29, 1.82) is 0 Å². The molecule has 0 aliphatic heterocycles. The van der Waals surface area contributed by atoms with Crippen molar-refractivity contribution in [2.45, 2.75) is 38.5 Å². The van der Waals surface area contributed by atoms with Gasteiger partial charge in [-0.25, -0.2) is 9.97 Å². The molecule has 0 radical (unpaired) electrons. The van der Waals surface area contributed by atoms with E-state index in [-0.39, 0.29) is 10.8 Å². The Labute approximate surface area is 270 Å². The van der Waals surface area contributed by atoms with Gasteiger partial charge in [0.25, 0.3) is 0 Å². The van der Waals surface area contributed by atoms with Gasteiger partial charge in [-0.2, -0.15) is 0 Å². The predicted octanol–water partition coefficient (Wildman–Crippen LogP) is 11.2. The molecule has 2 aliphatic carbocycles. The summed E-state index contributed by atoms with van der Waals surface area (Å²) in [6.07, 6.45) is 0. The highest BCUT2D eigenvalue weighted by molar-refractivity contribution is 5.99. The van der Waals surface area contributed by atoms with Crippen LogP contribution in [0.25, 0.3) is 66.9 Å². The number of hydrogen-bond donors (Lipinski definition) is 0. The lowest BCUT2D eigenvalue weighted by molar-refractivity contribution is 0.660. The second kappa shape index (κ2) is 9.58. The van der Waals surface area contributed by atoms with Gasteiger partial charge in [0.1, 0.15) is 0 Å². The summed E-state index contributed by atoms with van der Waals surface area (Å²) in [5.74, 6) is 0.741. The van der Waals surface area contributed by atoms with Gasteiger partial charge in [-0.3, -0.25) is 0 Å². The van der Waals surface area contributed by atoms with Crippen LogP contribution in [0.4, 0.5) is 0 Å². The van der Waals surface area contributed by atoms with Crippen LogP contribution in [0.3, 0.4) is 0 Å². The zero-order valence-corrected chi connectivity index (χ0v) is 26.6. The Morgan fingerprint density at radius 3 is 1.57 bits per heavy atom. The largest absolute Gasteiger partial charge is 0.228 e. The second-order valence-electron chi connectivity index (χ2n) is 13.8. The summed E-state index contributed by atoms with van der Waals surface area (Å²) in [5, 5.41) is 2.54. The first-order valence-corrected chi connectivity index (χ1v) is 16.2. The SMILES string of the molecule is CC1(C)c2ccccc2-c2c(-c3cc(-c4cccc5c4-c4cc6ccccc6cc4C5(C)C)nc(-c4ccccc4)n3)cccc21. The predicted molar refractivity (Wildman–Crippen MR) is 191 cm³/mol. The quantitative estimate of drug-likeness (QED) is 0.205. The molecule has 2 nitrogen and oxygen atoms in total. The number of hydrogen-bond acceptors (Lipinski definition) is 2. The molecule has 7 aromatic rings. The minimum absolute atomic E-state index is 0.0849. The molecule has 0 spiro atoms. The maximum Gasteiger partial charge on any atom is 0.160 e. The average Bonchev–Trinajstić information content (AvgIpc) is 3.47. The number of benzene rings is 6. The van der Waals surface area contributed by atoms with Gasteiger partial charge >= 0.3 is 0 Å². The van der Waals surface area contributed by atoms with Crippen molar-refractivity contribution < 1.29 is 0 Å². The van der Waals surface area contributed by atoms with Crippen LogP contribution in [-0.4, -0.2) is 9.97 Å². The Hall–Kier alpha value is -5.34. The summed E-state index contributed by atoms with van der Waals surface area (Å²) in [4.78, 5) is 10.6. The van der Waals surface area contributed by atoms with Gasteiger partial charge in [-0.15, -0.1) is 0 Å². The van der Waals surface area contributed by atoms with E-state index in [1.807, 2.05) is 6.07 Å². The van der Waals surface area contributed by atoms with Crippen LogP contribution in [0.15, 0.2) is 133 Å². The molecule has 9 rings (SSSR count). The summed E-state index contributed by atoms with van der Waals surface area (Å²) >= 11 is 0. The molecular weight excluding hydrogens is 556 g/mol. The van der Waals surface area contributed by atoms with Gasteiger partial charge < -0.3 is 0 Å². The van der Waals surface area contributed by atoms with Gasteiger partial charge in [-0.1, -0.05) is 143 Å². The fourth-order valence-corrected chi connectivity index (χ4v) is 8.09. The third-order valence-electron chi connectivity index (χ3n) is 10.5. The molecular formula is C44H34N2. The van der Waals surface area contributed by atoms with Crippen molar-refractivity contribution in [3.05, 3.63) is 156 Å². The lowest BCUT2D eigenvalue weighted by Gasteiger charge is -2.22. The van der Waals surface area contributed by atoms with Gasteiger partial charge in [-0.05, 0) is 73.5 Å². The molecule has 0 unspecified atom stereocenters. The van der Waals surface area contributed by atoms with Crippen LogP contribution in [0.5, 0.6) is 0 Å². The molecule has 46 heavy (non-hydrogen) atoms. The average molecular weight is 591 g/mol. The minimum atomic E-state index is -0.127. The standard InChI is InChI=1S/C44H34N2/c1-43(2)34-21-11-10-18-30(34)40-31(19-12-22-35(40)43)38-26-39(46-42(45-38)27-14-6-5-7-15-27)32-20-13-23-36-41(32)33-24-28-16-8-9-17-29(28)25-37(33)44(36,3)4/h5-26H,1-4H3. The Balaban J connectivity index is 1.33. The van der Waals surface area contributed by atoms with Crippen LogP contribution in [0.1, 0.15) is 49.9 Å². The van der Waals surface area contributed by atoms with E-state index in [0.29, 0.717) is 0 Å². The summed E-state index contributed by atoms with van der Waals surface area (Å²) < 4.78 is 0. The normalized spacial score (nSPS) is 14.9. The first-order chi connectivity index (χ1) is 22.3. The van der Waals surface area contributed by atoms with Crippen molar-refractivity contribution >= 4 is 10.8 Å². The van der Waals surface area contributed by atoms with Gasteiger partial charge in [0.2, 0.25) is 0 Å². The number of rotatable bonds is 3. The first-order valence-electron chi connectivity index (χ1n) is 16.2. The molecule has 6 aromatic carbocycles. The maximum absolute atomic E-state index is 5.32. The van der Waals surface area contributed by atoms with E-state index in [0.717, 1.165) is 33.9 Å². The van der Waals surface area contributed by atoms with E-state index in [1.165, 1.54) is 55.3 Å². The van der Waals surface area contributed by atoms with Crippen LogP contribution >= 0.6 is 0 Å². The fraction of sp³-hybridized carbons (Fsp3) is 0.136. The van der Waals surface area contributed by atoms with E-state index in [1.54, 1.807) is 0 Å². The van der Waals surface area contributed by atoms with Crippen LogP contribution in [-0.2, 0) is 10.8 Å². The van der Waals surface area contributed by atoms with Gasteiger partial charge in [0.05, 0.1) is 11.4 Å². The molecule has 0 N–H and O–H groups in total. The highest BCUT2D eigenvalue weighted by atomic mass is 14.9. The minimum Gasteiger partial charge on any atom is -0.228 e. The maximum atomic E-state index is 5.32. The molecule has 0 atom stereocenters. The van der Waals surface area contributed by atoms with Gasteiger partial charge in [0.15, 0.2) is 5.82 Å². The van der Waals surface area contributed by atoms with Crippen molar-refractivity contribution in [2.24, 2.45) is 0 Å². The van der Waals surface area contributed by atoms with Crippen LogP contribution in [0, 0.1) is 0 Å². The molecule has 220 valence electrons. The number of fused-ring (bicyclic) bond motifs is 7. The van der Waals surface area contributed by atoms with Crippen molar-refractivity contribution in [3.63, 3.8) is 0 Å². The molecule has 0 saturated carbocycles. The van der Waals surface area contributed by atoms with E-state index in [2.05, 4.69) is 155 Å². The zero-order chi connectivity index (χ0) is 31.2. The highest BCUT2D eigenvalue weighted by Gasteiger charge is 2.39. The summed E-state index contributed by atoms with van der Waals surface area (Å²) in [6, 6.07) is 48.4. The van der Waals surface area contributed by atoms with E-state index in [9.17, 15) is 0 Å². The molecule has 0 fully saturated rings. The summed E-state index contributed by atoms with van der Waals surface area (Å²) in [5.41, 5.74) is 15.6. The molecule has 2 heteroatoms. The first kappa shape index (κ1) is 27.0. The molecule has 0 saturated heterocycles. The number of nitrogens with zero attached hydrogens (tertiary/aromatic N) is 2. The lowest BCUT2D eigenvalue weighted by Crippen LogP contribution is -2.15. The Kier molecular flexibility index (Phi) is 5.63. The summed E-state index contributed by atoms with van der Waals surface area (Å²) in [7, 11) is 0. The molecule has 1 heterocycles. The molecule has 2 aliphatic rings. The van der Waals surface area contributed by atoms with Gasteiger partial charge in [0, 0.05) is 27.5 Å². The smallest absolute Gasteiger partial charge is 0.160 e. The molecule has 0 amide bonds. The molecule has 1 aromatic heterocycles. The van der Waals surface area contributed by atoms with E-state index >= 15 is 0 Å². The topological polar surface area (TPSA) is 25.8 Å². The van der Waals surface area contributed by atoms with Crippen LogP contribution < -0.4 is 0 Å². The van der Waals surface area contributed by atoms with E-state index < -0.39 is 0 Å². The third-order valence-corrected chi connectivity index (χ3v) is 10.5. The Morgan fingerprint density at radius 1 is 0.391 bits per heavy atom. The second-order valence-corrected chi connectivity index (χ2v) is 13.8. The Morgan fingerprint density at radius 2 is 0.891 bits per heavy atom. The molecule has 0 bridgehead atoms. The highest BCUT2D eigenvalue weighted by Crippen LogP contribution is 2.54. The Bertz CT molecular complexity index is 2360. The van der Waals surface area contributed by atoms with Crippen molar-refractivity contribution in [1.82, 2.24) is 9.97 Å². The summed E-state index contributed by atoms with van der Waals surface area (Å²) in [6.45, 7) is 9.36. The van der Waals surface area contributed by atoms with Crippen molar-refractivity contribution in [2.75, 3.05) is 0 Å².